The van der Waals surface area contributed by atoms with E-state index in [9.17, 15) is 23.2 Å². The number of nitriles is 1. The summed E-state index contributed by atoms with van der Waals surface area (Å²) in [5.74, 6) is -0.289. The molecular weight excluding hydrogens is 369 g/mol. The largest absolute Gasteiger partial charge is 0.416 e. The number of amides is 1. The van der Waals surface area contributed by atoms with Gasteiger partial charge in [0, 0.05) is 18.7 Å². The van der Waals surface area contributed by atoms with Crippen LogP contribution in [-0.2, 0) is 17.4 Å². The van der Waals surface area contributed by atoms with Crippen LogP contribution in [0.5, 0.6) is 0 Å². The van der Waals surface area contributed by atoms with Gasteiger partial charge in [-0.1, -0.05) is 30.3 Å². The second kappa shape index (κ2) is 8.21. The Bertz CT molecular complexity index is 846. The van der Waals surface area contributed by atoms with Crippen molar-refractivity contribution in [3.63, 3.8) is 0 Å². The second-order valence-corrected chi connectivity index (χ2v) is 6.50. The minimum absolute atomic E-state index is 0.289. The molecule has 1 heterocycles. The van der Waals surface area contributed by atoms with E-state index in [1.165, 1.54) is 22.2 Å². The van der Waals surface area contributed by atoms with Gasteiger partial charge in [0.2, 0.25) is 0 Å². The van der Waals surface area contributed by atoms with Crippen LogP contribution in [0.4, 0.5) is 18.9 Å². The van der Waals surface area contributed by atoms with Crippen molar-refractivity contribution in [2.24, 2.45) is 0 Å². The number of nitrogens with one attached hydrogen (secondary N) is 1. The summed E-state index contributed by atoms with van der Waals surface area (Å²) in [7, 11) is 0. The fraction of sp³-hybridized carbons (Fsp3) is 0.300. The molecule has 1 aliphatic rings. The molecule has 146 valence electrons. The van der Waals surface area contributed by atoms with Crippen LogP contribution in [0.3, 0.4) is 0 Å². The van der Waals surface area contributed by atoms with Gasteiger partial charge in [-0.2, -0.15) is 18.4 Å². The molecule has 1 saturated heterocycles. The molecule has 2 aromatic carbocycles. The second-order valence-electron chi connectivity index (χ2n) is 6.50. The van der Waals surface area contributed by atoms with Gasteiger partial charge < -0.3 is 5.32 Å². The third-order valence-electron chi connectivity index (χ3n) is 4.53. The maximum atomic E-state index is 13.0. The summed E-state index contributed by atoms with van der Waals surface area (Å²) < 4.78 is 38.3. The van der Waals surface area contributed by atoms with Gasteiger partial charge in [0.15, 0.2) is 6.19 Å². The summed E-state index contributed by atoms with van der Waals surface area (Å²) in [5, 5.41) is 14.9. The van der Waals surface area contributed by atoms with Gasteiger partial charge in [-0.15, -0.1) is 0 Å². The molecule has 0 spiro atoms. The predicted octanol–water partition coefficient (Wildman–Crippen LogP) is 3.66. The molecule has 28 heavy (non-hydrogen) atoms. The first kappa shape index (κ1) is 19.5. The van der Waals surface area contributed by atoms with Gasteiger partial charge in [0.25, 0.3) is 5.91 Å². The maximum absolute atomic E-state index is 13.0. The van der Waals surface area contributed by atoms with E-state index >= 15 is 0 Å². The highest BCUT2D eigenvalue weighted by atomic mass is 19.4. The molecule has 0 bridgehead atoms. The molecule has 1 N–H and O–H groups in total. The molecule has 3 rings (SSSR count). The van der Waals surface area contributed by atoms with Crippen LogP contribution in [0.1, 0.15) is 17.5 Å². The smallest absolute Gasteiger partial charge is 0.373 e. The number of carbonyl (C=O) groups excluding carboxylic acids is 1. The summed E-state index contributed by atoms with van der Waals surface area (Å²) in [6.07, 6.45) is -1.39. The molecule has 1 atom stereocenters. The highest BCUT2D eigenvalue weighted by Crippen LogP contribution is 2.30. The van der Waals surface area contributed by atoms with Crippen LogP contribution in [0.2, 0.25) is 0 Å². The van der Waals surface area contributed by atoms with Gasteiger partial charge in [0.1, 0.15) is 6.04 Å². The lowest BCUT2D eigenvalue weighted by Crippen LogP contribution is -2.47. The first-order chi connectivity index (χ1) is 13.4. The van der Waals surface area contributed by atoms with E-state index in [1.807, 2.05) is 36.5 Å². The Morgan fingerprint density at radius 2 is 1.79 bits per heavy atom. The van der Waals surface area contributed by atoms with Crippen molar-refractivity contribution in [2.75, 3.05) is 18.4 Å². The first-order valence-electron chi connectivity index (χ1n) is 8.85. The Morgan fingerprint density at radius 3 is 2.39 bits per heavy atom. The van der Waals surface area contributed by atoms with Crippen LogP contribution in [-0.4, -0.2) is 35.1 Å². The average Bonchev–Trinajstić information content (AvgIpc) is 3.16. The number of hydrogen-bond donors (Lipinski definition) is 1. The topological polar surface area (TPSA) is 59.4 Å². The van der Waals surface area contributed by atoms with E-state index < -0.39 is 17.8 Å². The van der Waals surface area contributed by atoms with Crippen molar-refractivity contribution in [2.45, 2.75) is 25.1 Å². The lowest BCUT2D eigenvalue weighted by atomic mass is 10.0. The van der Waals surface area contributed by atoms with E-state index in [0.29, 0.717) is 31.6 Å². The normalized spacial score (nSPS) is 15.2. The number of alkyl halides is 3. The third kappa shape index (κ3) is 4.55. The highest BCUT2D eigenvalue weighted by Gasteiger charge is 2.32. The van der Waals surface area contributed by atoms with Crippen molar-refractivity contribution in [3.05, 3.63) is 65.7 Å². The quantitative estimate of drug-likeness (QED) is 0.795. The van der Waals surface area contributed by atoms with Crippen molar-refractivity contribution in [1.82, 2.24) is 10.0 Å². The van der Waals surface area contributed by atoms with E-state index in [1.54, 1.807) is 0 Å². The Hall–Kier alpha value is -3.21. The van der Waals surface area contributed by atoms with Crippen molar-refractivity contribution in [1.29, 1.82) is 5.26 Å². The number of halogens is 3. The Morgan fingerprint density at radius 1 is 1.11 bits per heavy atom. The zero-order chi connectivity index (χ0) is 20.1. The maximum Gasteiger partial charge on any atom is 0.416 e. The minimum Gasteiger partial charge on any atom is -0.373 e. The number of benzene rings is 2. The molecule has 1 fully saturated rings. The average molecular weight is 388 g/mol. The number of nitrogens with zero attached hydrogens (tertiary/aromatic N) is 3. The van der Waals surface area contributed by atoms with Crippen LogP contribution < -0.4 is 5.32 Å². The third-order valence-corrected chi connectivity index (χ3v) is 4.53. The molecule has 1 aliphatic heterocycles. The zero-order valence-corrected chi connectivity index (χ0v) is 15.0. The van der Waals surface area contributed by atoms with E-state index in [2.05, 4.69) is 5.32 Å². The molecule has 0 radical (unpaired) electrons. The monoisotopic (exact) mass is 388 g/mol. The molecule has 0 aliphatic carbocycles. The molecule has 8 heteroatoms. The Labute approximate surface area is 160 Å². The van der Waals surface area contributed by atoms with E-state index in [0.717, 1.165) is 17.7 Å². The van der Waals surface area contributed by atoms with Gasteiger partial charge in [-0.05, 0) is 36.2 Å². The summed E-state index contributed by atoms with van der Waals surface area (Å²) in [6, 6.07) is 13.2. The summed E-state index contributed by atoms with van der Waals surface area (Å²) >= 11 is 0. The number of carbonyl (C=O) groups is 1. The summed E-state index contributed by atoms with van der Waals surface area (Å²) in [4.78, 5) is 13.0. The molecule has 0 aromatic heterocycles. The first-order valence-corrected chi connectivity index (χ1v) is 8.85. The summed E-state index contributed by atoms with van der Waals surface area (Å²) in [5.41, 5.74) is 0.562. The van der Waals surface area contributed by atoms with Gasteiger partial charge in [0.05, 0.1) is 12.1 Å². The SMILES string of the molecule is N#CN1CCCN1C(=O)C(Cc1ccccc1)Nc1ccc(C(F)(F)F)cc1. The van der Waals surface area contributed by atoms with Gasteiger partial charge in [-0.25, -0.2) is 10.0 Å². The highest BCUT2D eigenvalue weighted by molar-refractivity contribution is 5.85. The lowest BCUT2D eigenvalue weighted by molar-refractivity contribution is -0.140. The lowest BCUT2D eigenvalue weighted by Gasteiger charge is -2.28. The Kier molecular flexibility index (Phi) is 5.73. The van der Waals surface area contributed by atoms with Crippen LogP contribution in [0.15, 0.2) is 54.6 Å². The molecule has 5 nitrogen and oxygen atoms in total. The molecule has 2 aromatic rings. The van der Waals surface area contributed by atoms with Crippen molar-refractivity contribution in [3.8, 4) is 6.19 Å². The molecular formula is C20H19F3N4O. The van der Waals surface area contributed by atoms with Crippen LogP contribution in [0, 0.1) is 11.5 Å². The van der Waals surface area contributed by atoms with Gasteiger partial charge in [-0.3, -0.25) is 4.79 Å². The number of anilines is 1. The van der Waals surface area contributed by atoms with E-state index in [4.69, 9.17) is 0 Å². The summed E-state index contributed by atoms with van der Waals surface area (Å²) in [6.45, 7) is 0.910. The van der Waals surface area contributed by atoms with Crippen molar-refractivity contribution >= 4 is 11.6 Å². The Balaban J connectivity index is 1.82. The minimum atomic E-state index is -4.42. The van der Waals surface area contributed by atoms with Crippen LogP contribution in [0.25, 0.3) is 0 Å². The molecule has 1 amide bonds. The van der Waals surface area contributed by atoms with Gasteiger partial charge >= 0.3 is 6.18 Å². The fourth-order valence-electron chi connectivity index (χ4n) is 3.13. The standard InChI is InChI=1S/C20H19F3N4O/c21-20(22,23)16-7-9-17(10-8-16)25-18(13-15-5-2-1-3-6-15)19(28)27-12-4-11-26(27)14-24/h1-3,5-10,18,25H,4,11-13H2. The van der Waals surface area contributed by atoms with Crippen LogP contribution >= 0.6 is 0 Å². The molecule has 0 saturated carbocycles. The molecule has 1 unspecified atom stereocenters. The number of hydrogen-bond acceptors (Lipinski definition) is 4. The zero-order valence-electron chi connectivity index (χ0n) is 15.0. The number of hydrazine groups is 1. The van der Waals surface area contributed by atoms with E-state index in [-0.39, 0.29) is 5.91 Å². The van der Waals surface area contributed by atoms with Crippen molar-refractivity contribution < 1.29 is 18.0 Å². The predicted molar refractivity (Wildman–Crippen MR) is 97.6 cm³/mol. The fourth-order valence-corrected chi connectivity index (χ4v) is 3.13. The number of rotatable bonds is 5.